The first-order valence-corrected chi connectivity index (χ1v) is 11.1. The van der Waals surface area contributed by atoms with Crippen LogP contribution in [0, 0.1) is 11.8 Å². The van der Waals surface area contributed by atoms with Gasteiger partial charge in [0.15, 0.2) is 0 Å². The van der Waals surface area contributed by atoms with E-state index in [0.717, 1.165) is 38.4 Å². The lowest BCUT2D eigenvalue weighted by molar-refractivity contribution is -0.149. The number of nitrogens with zero attached hydrogens (tertiary/aromatic N) is 2. The van der Waals surface area contributed by atoms with Crippen molar-refractivity contribution < 1.29 is 14.3 Å². The SMILES string of the molecule is O=C(NCC1CN(CC2CCN(CC3CC3)CC2)C(=O)CO1)c1ccccc1Cl. The van der Waals surface area contributed by atoms with Crippen LogP contribution in [0.15, 0.2) is 24.3 Å². The predicted octanol–water partition coefficient (Wildman–Crippen LogP) is 2.42. The summed E-state index contributed by atoms with van der Waals surface area (Å²) in [6, 6.07) is 6.98. The summed E-state index contributed by atoms with van der Waals surface area (Å²) in [6.45, 7) is 5.35. The van der Waals surface area contributed by atoms with E-state index in [4.69, 9.17) is 16.3 Å². The van der Waals surface area contributed by atoms with E-state index in [9.17, 15) is 9.59 Å². The maximum absolute atomic E-state index is 12.3. The Labute approximate surface area is 177 Å². The highest BCUT2D eigenvalue weighted by atomic mass is 35.5. The average Bonchev–Trinajstić information content (AvgIpc) is 3.54. The number of morpholine rings is 1. The molecule has 3 aliphatic rings. The molecule has 1 N–H and O–H groups in total. The fourth-order valence-electron chi connectivity index (χ4n) is 4.26. The second-order valence-corrected chi connectivity index (χ2v) is 9.02. The number of carbonyl (C=O) groups excluding carboxylic acids is 2. The van der Waals surface area contributed by atoms with Crippen LogP contribution in [0.4, 0.5) is 0 Å². The van der Waals surface area contributed by atoms with E-state index in [-0.39, 0.29) is 24.5 Å². The lowest BCUT2D eigenvalue weighted by Gasteiger charge is -2.38. The molecule has 3 fully saturated rings. The Bertz CT molecular complexity index is 732. The van der Waals surface area contributed by atoms with Crippen LogP contribution >= 0.6 is 11.6 Å². The molecular weight excluding hydrogens is 390 g/mol. The van der Waals surface area contributed by atoms with E-state index < -0.39 is 0 Å². The topological polar surface area (TPSA) is 61.9 Å². The second kappa shape index (κ2) is 9.45. The molecule has 2 aliphatic heterocycles. The van der Waals surface area contributed by atoms with Crippen LogP contribution in [0.2, 0.25) is 5.02 Å². The van der Waals surface area contributed by atoms with Crippen molar-refractivity contribution in [2.45, 2.75) is 31.8 Å². The zero-order valence-electron chi connectivity index (χ0n) is 16.8. The van der Waals surface area contributed by atoms with Gasteiger partial charge >= 0.3 is 0 Å². The average molecular weight is 420 g/mol. The van der Waals surface area contributed by atoms with Gasteiger partial charge in [0.05, 0.1) is 16.7 Å². The molecule has 0 spiro atoms. The third-order valence-corrected chi connectivity index (χ3v) is 6.56. The number of hydrogen-bond acceptors (Lipinski definition) is 4. The van der Waals surface area contributed by atoms with Crippen LogP contribution in [0.3, 0.4) is 0 Å². The number of likely N-dealkylation sites (tertiary alicyclic amines) is 1. The molecule has 6 nitrogen and oxygen atoms in total. The minimum absolute atomic E-state index is 0.0547. The molecule has 158 valence electrons. The molecule has 1 unspecified atom stereocenters. The van der Waals surface area contributed by atoms with Gasteiger partial charge in [0.1, 0.15) is 6.61 Å². The zero-order chi connectivity index (χ0) is 20.2. The smallest absolute Gasteiger partial charge is 0.252 e. The van der Waals surface area contributed by atoms with Gasteiger partial charge in [-0.25, -0.2) is 0 Å². The van der Waals surface area contributed by atoms with E-state index >= 15 is 0 Å². The summed E-state index contributed by atoms with van der Waals surface area (Å²) in [5.41, 5.74) is 0.455. The van der Waals surface area contributed by atoms with Crippen molar-refractivity contribution in [3.8, 4) is 0 Å². The van der Waals surface area contributed by atoms with Crippen LogP contribution in [0.25, 0.3) is 0 Å². The number of hydrogen-bond donors (Lipinski definition) is 1. The molecule has 0 radical (unpaired) electrons. The van der Waals surface area contributed by atoms with Crippen molar-refractivity contribution in [2.24, 2.45) is 11.8 Å². The standard InChI is InChI=1S/C22H30ClN3O3/c23-20-4-2-1-3-19(20)22(28)24-11-18-14-26(21(27)15-29-18)13-17-7-9-25(10-8-17)12-16-5-6-16/h1-4,16-18H,5-15H2,(H,24,28). The lowest BCUT2D eigenvalue weighted by atomic mass is 9.95. The second-order valence-electron chi connectivity index (χ2n) is 8.61. The minimum Gasteiger partial charge on any atom is -0.365 e. The van der Waals surface area contributed by atoms with E-state index in [1.807, 2.05) is 4.90 Å². The lowest BCUT2D eigenvalue weighted by Crippen LogP contribution is -2.52. The largest absolute Gasteiger partial charge is 0.365 e. The van der Waals surface area contributed by atoms with Gasteiger partial charge in [0.2, 0.25) is 5.91 Å². The number of piperidine rings is 1. The Hall–Kier alpha value is -1.63. The first-order chi connectivity index (χ1) is 14.1. The molecule has 7 heteroatoms. The van der Waals surface area contributed by atoms with Crippen LogP contribution in [-0.2, 0) is 9.53 Å². The first kappa shape index (κ1) is 20.6. The molecule has 2 saturated heterocycles. The van der Waals surface area contributed by atoms with Crippen molar-refractivity contribution in [2.75, 3.05) is 45.9 Å². The van der Waals surface area contributed by atoms with Crippen molar-refractivity contribution in [3.63, 3.8) is 0 Å². The summed E-state index contributed by atoms with van der Waals surface area (Å²) < 4.78 is 5.65. The third-order valence-electron chi connectivity index (χ3n) is 6.23. The van der Waals surface area contributed by atoms with Gasteiger partial charge in [-0.3, -0.25) is 9.59 Å². The Morgan fingerprint density at radius 1 is 1.10 bits per heavy atom. The van der Waals surface area contributed by atoms with Crippen LogP contribution in [0.1, 0.15) is 36.0 Å². The first-order valence-electron chi connectivity index (χ1n) is 10.7. The fraction of sp³-hybridized carbons (Fsp3) is 0.636. The number of halogens is 1. The third kappa shape index (κ3) is 5.71. The van der Waals surface area contributed by atoms with Crippen LogP contribution in [-0.4, -0.2) is 73.6 Å². The molecule has 0 bridgehead atoms. The number of rotatable bonds is 7. The van der Waals surface area contributed by atoms with Gasteiger partial charge in [-0.1, -0.05) is 23.7 Å². The highest BCUT2D eigenvalue weighted by molar-refractivity contribution is 6.33. The van der Waals surface area contributed by atoms with Crippen molar-refractivity contribution in [3.05, 3.63) is 34.9 Å². The van der Waals surface area contributed by atoms with Crippen LogP contribution in [0.5, 0.6) is 0 Å². The molecule has 1 atom stereocenters. The molecule has 29 heavy (non-hydrogen) atoms. The van der Waals surface area contributed by atoms with E-state index in [1.54, 1.807) is 24.3 Å². The number of benzene rings is 1. The number of carbonyl (C=O) groups is 2. The summed E-state index contributed by atoms with van der Waals surface area (Å²) in [4.78, 5) is 29.2. The quantitative estimate of drug-likeness (QED) is 0.737. The fourth-order valence-corrected chi connectivity index (χ4v) is 4.48. The van der Waals surface area contributed by atoms with Gasteiger partial charge in [-0.05, 0) is 62.7 Å². The molecular formula is C22H30ClN3O3. The van der Waals surface area contributed by atoms with E-state index in [1.165, 1.54) is 19.4 Å². The van der Waals surface area contributed by atoms with Crippen molar-refractivity contribution in [1.29, 1.82) is 0 Å². The molecule has 1 aliphatic carbocycles. The number of ether oxygens (including phenoxy) is 1. The highest BCUT2D eigenvalue weighted by Gasteiger charge is 2.31. The Balaban J connectivity index is 1.22. The minimum atomic E-state index is -0.217. The van der Waals surface area contributed by atoms with Gasteiger partial charge in [-0.2, -0.15) is 0 Å². The van der Waals surface area contributed by atoms with Crippen molar-refractivity contribution >= 4 is 23.4 Å². The van der Waals surface area contributed by atoms with Crippen molar-refractivity contribution in [1.82, 2.24) is 15.1 Å². The summed E-state index contributed by atoms with van der Waals surface area (Å²) >= 11 is 6.08. The molecule has 1 saturated carbocycles. The van der Waals surface area contributed by atoms with E-state index in [2.05, 4.69) is 10.2 Å². The van der Waals surface area contributed by atoms with Gasteiger partial charge in [0.25, 0.3) is 5.91 Å². The molecule has 2 heterocycles. The molecule has 2 amide bonds. The maximum atomic E-state index is 12.3. The summed E-state index contributed by atoms with van der Waals surface area (Å²) in [7, 11) is 0. The van der Waals surface area contributed by atoms with Crippen LogP contribution < -0.4 is 5.32 Å². The summed E-state index contributed by atoms with van der Waals surface area (Å²) in [5, 5.41) is 3.32. The predicted molar refractivity (Wildman–Crippen MR) is 112 cm³/mol. The zero-order valence-corrected chi connectivity index (χ0v) is 17.6. The number of amides is 2. The maximum Gasteiger partial charge on any atom is 0.252 e. The molecule has 0 aromatic heterocycles. The highest BCUT2D eigenvalue weighted by Crippen LogP contribution is 2.31. The van der Waals surface area contributed by atoms with E-state index in [0.29, 0.717) is 29.6 Å². The Morgan fingerprint density at radius 2 is 1.83 bits per heavy atom. The molecule has 1 aromatic carbocycles. The molecule has 4 rings (SSSR count). The molecule has 1 aromatic rings. The van der Waals surface area contributed by atoms with Gasteiger partial charge in [-0.15, -0.1) is 0 Å². The number of nitrogens with one attached hydrogen (secondary N) is 1. The summed E-state index contributed by atoms with van der Waals surface area (Å²) in [5.74, 6) is 1.34. The normalized spacial score (nSPS) is 24.0. The Kier molecular flexibility index (Phi) is 6.73. The van der Waals surface area contributed by atoms with Gasteiger partial charge < -0.3 is 19.9 Å². The Morgan fingerprint density at radius 3 is 2.55 bits per heavy atom. The van der Waals surface area contributed by atoms with Gasteiger partial charge in [0, 0.05) is 26.2 Å². The summed E-state index contributed by atoms with van der Waals surface area (Å²) in [6.07, 6.45) is 4.93. The monoisotopic (exact) mass is 419 g/mol.